The van der Waals surface area contributed by atoms with Crippen LogP contribution in [0.25, 0.3) is 0 Å². The first-order chi connectivity index (χ1) is 8.13. The molecule has 0 aliphatic heterocycles. The zero-order valence-corrected chi connectivity index (χ0v) is 9.59. The molecule has 3 N–H and O–H groups in total. The number of rotatable bonds is 6. The molecule has 0 bridgehead atoms. The van der Waals surface area contributed by atoms with Gasteiger partial charge in [-0.25, -0.2) is 0 Å². The summed E-state index contributed by atoms with van der Waals surface area (Å²) in [7, 11) is 1.50. The normalized spacial score (nSPS) is 12.1. The van der Waals surface area contributed by atoms with Crippen molar-refractivity contribution in [2.24, 2.45) is 0 Å². The monoisotopic (exact) mass is 240 g/mol. The Hall–Kier alpha value is -1.66. The average molecular weight is 240 g/mol. The third-order valence-corrected chi connectivity index (χ3v) is 2.11. The van der Waals surface area contributed by atoms with Crippen molar-refractivity contribution in [3.8, 4) is 5.75 Å². The molecule has 1 aromatic heterocycles. The molecule has 17 heavy (non-hydrogen) atoms. The fraction of sp³-hybridized carbons (Fsp3) is 0.455. The van der Waals surface area contributed by atoms with Gasteiger partial charge < -0.3 is 20.3 Å². The molecule has 0 saturated heterocycles. The zero-order valence-electron chi connectivity index (χ0n) is 9.59. The number of aliphatic hydroxyl groups excluding tert-OH is 1. The highest BCUT2D eigenvalue weighted by molar-refractivity contribution is 5.94. The van der Waals surface area contributed by atoms with Gasteiger partial charge in [0.2, 0.25) is 0 Å². The maximum absolute atomic E-state index is 11.6. The van der Waals surface area contributed by atoms with Crippen molar-refractivity contribution in [2.45, 2.75) is 12.5 Å². The standard InChI is InChI=1S/C11H16N2O4/c1-17-7-9(14)2-3-13-11(16)8-4-10(15)6-12-5-8/h4-6,9,14-15H,2-3,7H2,1H3,(H,13,16). The molecule has 0 radical (unpaired) electrons. The molecule has 0 aliphatic carbocycles. The van der Waals surface area contributed by atoms with E-state index in [-0.39, 0.29) is 23.8 Å². The Morgan fingerprint density at radius 3 is 3.00 bits per heavy atom. The largest absolute Gasteiger partial charge is 0.506 e. The van der Waals surface area contributed by atoms with E-state index in [2.05, 4.69) is 10.3 Å². The first-order valence-corrected chi connectivity index (χ1v) is 5.22. The molecule has 1 aromatic rings. The van der Waals surface area contributed by atoms with Crippen LogP contribution in [0.15, 0.2) is 18.5 Å². The predicted octanol–water partition coefficient (Wildman–Crippen LogP) is -0.0856. The molecule has 6 nitrogen and oxygen atoms in total. The highest BCUT2D eigenvalue weighted by atomic mass is 16.5. The number of nitrogens with one attached hydrogen (secondary N) is 1. The molecule has 1 amide bonds. The van der Waals surface area contributed by atoms with Gasteiger partial charge in [0, 0.05) is 19.9 Å². The van der Waals surface area contributed by atoms with Gasteiger partial charge in [0.05, 0.1) is 24.5 Å². The lowest BCUT2D eigenvalue weighted by Crippen LogP contribution is -2.28. The predicted molar refractivity (Wildman–Crippen MR) is 60.7 cm³/mol. The van der Waals surface area contributed by atoms with Gasteiger partial charge in [0.1, 0.15) is 5.75 Å². The van der Waals surface area contributed by atoms with Gasteiger partial charge in [-0.3, -0.25) is 9.78 Å². The summed E-state index contributed by atoms with van der Waals surface area (Å²) < 4.78 is 4.76. The number of nitrogens with zero attached hydrogens (tertiary/aromatic N) is 1. The van der Waals surface area contributed by atoms with Gasteiger partial charge in [-0.1, -0.05) is 0 Å². The maximum Gasteiger partial charge on any atom is 0.252 e. The van der Waals surface area contributed by atoms with E-state index in [1.807, 2.05) is 0 Å². The number of pyridine rings is 1. The minimum absolute atomic E-state index is 0.0583. The number of hydrogen-bond acceptors (Lipinski definition) is 5. The molecule has 0 fully saturated rings. The number of aromatic nitrogens is 1. The van der Waals surface area contributed by atoms with Crippen molar-refractivity contribution in [3.05, 3.63) is 24.0 Å². The van der Waals surface area contributed by atoms with Crippen molar-refractivity contribution in [3.63, 3.8) is 0 Å². The van der Waals surface area contributed by atoms with E-state index in [0.29, 0.717) is 13.0 Å². The van der Waals surface area contributed by atoms with Crippen LogP contribution in [0.3, 0.4) is 0 Å². The Kier molecular flexibility index (Phi) is 5.38. The Balaban J connectivity index is 2.35. The van der Waals surface area contributed by atoms with Crippen LogP contribution >= 0.6 is 0 Å². The van der Waals surface area contributed by atoms with Crippen molar-refractivity contribution in [1.82, 2.24) is 10.3 Å². The van der Waals surface area contributed by atoms with Crippen LogP contribution in [0, 0.1) is 0 Å². The second kappa shape index (κ2) is 6.82. The molecule has 0 aromatic carbocycles. The first kappa shape index (κ1) is 13.4. The van der Waals surface area contributed by atoms with E-state index in [4.69, 9.17) is 9.84 Å². The fourth-order valence-electron chi connectivity index (χ4n) is 1.28. The van der Waals surface area contributed by atoms with E-state index >= 15 is 0 Å². The summed E-state index contributed by atoms with van der Waals surface area (Å²) in [4.78, 5) is 15.3. The number of ether oxygens (including phenoxy) is 1. The molecular formula is C11H16N2O4. The number of methoxy groups -OCH3 is 1. The van der Waals surface area contributed by atoms with Gasteiger partial charge in [0.25, 0.3) is 5.91 Å². The second-order valence-electron chi connectivity index (χ2n) is 3.59. The third kappa shape index (κ3) is 4.80. The third-order valence-electron chi connectivity index (χ3n) is 2.11. The minimum atomic E-state index is -0.595. The summed E-state index contributed by atoms with van der Waals surface area (Å²) in [5.41, 5.74) is 0.284. The van der Waals surface area contributed by atoms with Gasteiger partial charge in [0.15, 0.2) is 0 Å². The summed E-state index contributed by atoms with van der Waals surface area (Å²) >= 11 is 0. The lowest BCUT2D eigenvalue weighted by molar-refractivity contribution is 0.0587. The van der Waals surface area contributed by atoms with E-state index < -0.39 is 6.10 Å². The van der Waals surface area contributed by atoms with Crippen molar-refractivity contribution < 1.29 is 19.7 Å². The van der Waals surface area contributed by atoms with Gasteiger partial charge in [-0.2, -0.15) is 0 Å². The lowest BCUT2D eigenvalue weighted by Gasteiger charge is -2.10. The number of hydrogen-bond donors (Lipinski definition) is 3. The Morgan fingerprint density at radius 1 is 1.59 bits per heavy atom. The number of amides is 1. The van der Waals surface area contributed by atoms with Crippen molar-refractivity contribution >= 4 is 5.91 Å². The summed E-state index contributed by atoms with van der Waals surface area (Å²) in [6, 6.07) is 1.33. The Bertz CT molecular complexity index is 370. The number of carbonyl (C=O) groups excluding carboxylic acids is 1. The molecular weight excluding hydrogens is 224 g/mol. The Morgan fingerprint density at radius 2 is 2.35 bits per heavy atom. The molecule has 0 spiro atoms. The van der Waals surface area contributed by atoms with E-state index in [0.717, 1.165) is 0 Å². The highest BCUT2D eigenvalue weighted by Gasteiger charge is 2.08. The van der Waals surface area contributed by atoms with Crippen LogP contribution in [0.2, 0.25) is 0 Å². The first-order valence-electron chi connectivity index (χ1n) is 5.22. The van der Waals surface area contributed by atoms with Crippen molar-refractivity contribution in [2.75, 3.05) is 20.3 Å². The molecule has 1 atom stereocenters. The van der Waals surface area contributed by atoms with Crippen LogP contribution < -0.4 is 5.32 Å². The van der Waals surface area contributed by atoms with E-state index in [9.17, 15) is 9.90 Å². The molecule has 0 saturated carbocycles. The maximum atomic E-state index is 11.6. The average Bonchev–Trinajstić information content (AvgIpc) is 2.29. The number of aliphatic hydroxyl groups is 1. The van der Waals surface area contributed by atoms with Gasteiger partial charge in [-0.15, -0.1) is 0 Å². The van der Waals surface area contributed by atoms with Gasteiger partial charge >= 0.3 is 0 Å². The summed E-state index contributed by atoms with van der Waals surface area (Å²) in [6.45, 7) is 0.572. The molecule has 1 unspecified atom stereocenters. The molecule has 1 heterocycles. The smallest absolute Gasteiger partial charge is 0.252 e. The van der Waals surface area contributed by atoms with Crippen LogP contribution in [-0.4, -0.2) is 47.5 Å². The highest BCUT2D eigenvalue weighted by Crippen LogP contribution is 2.07. The second-order valence-corrected chi connectivity index (χ2v) is 3.59. The molecule has 1 rings (SSSR count). The lowest BCUT2D eigenvalue weighted by atomic mass is 10.2. The number of carbonyl (C=O) groups is 1. The van der Waals surface area contributed by atoms with Crippen LogP contribution in [0.1, 0.15) is 16.8 Å². The van der Waals surface area contributed by atoms with E-state index in [1.54, 1.807) is 0 Å². The minimum Gasteiger partial charge on any atom is -0.506 e. The van der Waals surface area contributed by atoms with Crippen LogP contribution in [-0.2, 0) is 4.74 Å². The zero-order chi connectivity index (χ0) is 12.7. The SMILES string of the molecule is COCC(O)CCNC(=O)c1cncc(O)c1. The van der Waals surface area contributed by atoms with E-state index in [1.165, 1.54) is 25.6 Å². The molecule has 0 aliphatic rings. The molecule has 6 heteroatoms. The quantitative estimate of drug-likeness (QED) is 0.646. The van der Waals surface area contributed by atoms with Crippen LogP contribution in [0.4, 0.5) is 0 Å². The summed E-state index contributed by atoms with van der Waals surface area (Å²) in [6.07, 6.45) is 2.42. The molecule has 94 valence electrons. The summed E-state index contributed by atoms with van der Waals surface area (Å²) in [5.74, 6) is -0.393. The van der Waals surface area contributed by atoms with Crippen molar-refractivity contribution in [1.29, 1.82) is 0 Å². The fourth-order valence-corrected chi connectivity index (χ4v) is 1.28. The van der Waals surface area contributed by atoms with Gasteiger partial charge in [-0.05, 0) is 12.5 Å². The summed E-state index contributed by atoms with van der Waals surface area (Å²) in [5, 5.41) is 21.1. The number of aromatic hydroxyl groups is 1. The topological polar surface area (TPSA) is 91.7 Å². The van der Waals surface area contributed by atoms with Crippen LogP contribution in [0.5, 0.6) is 5.75 Å². The Labute approximate surface area is 99.3 Å².